The number of nitrogens with zero attached hydrogens (tertiary/aromatic N) is 3. The Balaban J connectivity index is 1.87. The third-order valence-corrected chi connectivity index (χ3v) is 2.47. The van der Waals surface area contributed by atoms with E-state index in [1.807, 2.05) is 0 Å². The molecule has 15 heavy (non-hydrogen) atoms. The van der Waals surface area contributed by atoms with Crippen molar-refractivity contribution in [2.45, 2.75) is 18.9 Å². The van der Waals surface area contributed by atoms with Crippen LogP contribution < -0.4 is 5.32 Å². The summed E-state index contributed by atoms with van der Waals surface area (Å²) >= 11 is 0. The molecule has 1 fully saturated rings. The van der Waals surface area contributed by atoms with E-state index in [2.05, 4.69) is 20.6 Å². The Hall–Kier alpha value is -1.69. The maximum atomic E-state index is 5.10. The lowest BCUT2D eigenvalue weighted by molar-refractivity contribution is 0.397. The Kier molecular flexibility index (Phi) is 1.99. The molecule has 3 rings (SSSR count). The van der Waals surface area contributed by atoms with Gasteiger partial charge in [-0.25, -0.2) is 0 Å². The molecule has 1 unspecified atom stereocenters. The van der Waals surface area contributed by atoms with Gasteiger partial charge in [-0.05, 0) is 19.4 Å². The average Bonchev–Trinajstić information content (AvgIpc) is 3.02. The van der Waals surface area contributed by atoms with E-state index in [1.165, 1.54) is 6.26 Å². The maximum absolute atomic E-state index is 5.10. The molecule has 0 aliphatic carbocycles. The molecule has 6 heteroatoms. The smallest absolute Gasteiger partial charge is 0.280 e. The van der Waals surface area contributed by atoms with Crippen LogP contribution in [0.1, 0.15) is 24.7 Å². The molecular weight excluding hydrogens is 196 g/mol. The van der Waals surface area contributed by atoms with Crippen LogP contribution in [-0.2, 0) is 0 Å². The topological polar surface area (TPSA) is 77.0 Å². The molecule has 6 nitrogen and oxygen atoms in total. The van der Waals surface area contributed by atoms with Gasteiger partial charge in [0.05, 0.1) is 6.04 Å². The zero-order chi connectivity index (χ0) is 10.1. The van der Waals surface area contributed by atoms with E-state index in [0.717, 1.165) is 19.4 Å². The van der Waals surface area contributed by atoms with E-state index in [-0.39, 0.29) is 6.04 Å². The van der Waals surface area contributed by atoms with Crippen LogP contribution in [0.3, 0.4) is 0 Å². The van der Waals surface area contributed by atoms with Gasteiger partial charge in [0.15, 0.2) is 11.5 Å². The van der Waals surface area contributed by atoms with E-state index >= 15 is 0 Å². The van der Waals surface area contributed by atoms with Crippen LogP contribution >= 0.6 is 0 Å². The van der Waals surface area contributed by atoms with Gasteiger partial charge in [-0.1, -0.05) is 10.3 Å². The lowest BCUT2D eigenvalue weighted by Crippen LogP contribution is -2.14. The second-order valence-electron chi connectivity index (χ2n) is 3.49. The molecule has 1 aliphatic rings. The van der Waals surface area contributed by atoms with Gasteiger partial charge in [-0.3, -0.25) is 0 Å². The van der Waals surface area contributed by atoms with E-state index in [4.69, 9.17) is 9.05 Å². The summed E-state index contributed by atoms with van der Waals surface area (Å²) in [7, 11) is 0. The molecule has 1 saturated heterocycles. The summed E-state index contributed by atoms with van der Waals surface area (Å²) in [4.78, 5) is 4.27. The first kappa shape index (κ1) is 8.60. The largest absolute Gasteiger partial charge is 0.364 e. The lowest BCUT2D eigenvalue weighted by Gasteiger charge is -2.01. The highest BCUT2D eigenvalue weighted by molar-refractivity contribution is 5.44. The van der Waals surface area contributed by atoms with E-state index in [9.17, 15) is 0 Å². The Labute approximate surface area is 85.6 Å². The highest BCUT2D eigenvalue weighted by Gasteiger charge is 2.22. The zero-order valence-corrected chi connectivity index (χ0v) is 8.01. The second kappa shape index (κ2) is 3.47. The monoisotopic (exact) mass is 206 g/mol. The molecule has 0 radical (unpaired) electrons. The normalized spacial score (nSPS) is 20.9. The van der Waals surface area contributed by atoms with Crippen LogP contribution in [0.25, 0.3) is 11.6 Å². The van der Waals surface area contributed by atoms with Crippen LogP contribution in [0.2, 0.25) is 0 Å². The molecule has 1 aliphatic heterocycles. The second-order valence-corrected chi connectivity index (χ2v) is 3.49. The predicted molar refractivity (Wildman–Crippen MR) is 49.8 cm³/mol. The first-order chi connectivity index (χ1) is 7.43. The maximum Gasteiger partial charge on any atom is 0.280 e. The van der Waals surface area contributed by atoms with E-state index in [1.54, 1.807) is 6.07 Å². The molecule has 0 amide bonds. The minimum absolute atomic E-state index is 0.217. The van der Waals surface area contributed by atoms with Crippen molar-refractivity contribution in [3.8, 4) is 11.6 Å². The first-order valence-electron chi connectivity index (χ1n) is 4.91. The molecule has 1 atom stereocenters. The third kappa shape index (κ3) is 1.52. The number of nitrogens with one attached hydrogen (secondary N) is 1. The fourth-order valence-electron chi connectivity index (χ4n) is 1.71. The molecule has 78 valence electrons. The Bertz CT molecular complexity index is 431. The molecular formula is C9H10N4O2. The van der Waals surface area contributed by atoms with Crippen LogP contribution in [0, 0.1) is 0 Å². The standard InChI is InChI=1S/C9H10N4O2/c1-2-6(10-4-1)8-11-9(15-13-8)7-3-5-14-12-7/h3,5-6,10H,1-2,4H2. The minimum Gasteiger partial charge on any atom is -0.364 e. The summed E-state index contributed by atoms with van der Waals surface area (Å²) < 4.78 is 9.81. The van der Waals surface area contributed by atoms with Crippen molar-refractivity contribution in [1.29, 1.82) is 0 Å². The number of aromatic nitrogens is 3. The fourth-order valence-corrected chi connectivity index (χ4v) is 1.71. The summed E-state index contributed by atoms with van der Waals surface area (Å²) in [5, 5.41) is 11.0. The van der Waals surface area contributed by atoms with Crippen molar-refractivity contribution in [3.05, 3.63) is 18.2 Å². The van der Waals surface area contributed by atoms with Gasteiger partial charge in [0.1, 0.15) is 6.26 Å². The summed E-state index contributed by atoms with van der Waals surface area (Å²) in [6.45, 7) is 1.01. The van der Waals surface area contributed by atoms with Crippen molar-refractivity contribution in [3.63, 3.8) is 0 Å². The molecule has 2 aromatic heterocycles. The Morgan fingerprint density at radius 3 is 3.13 bits per heavy atom. The van der Waals surface area contributed by atoms with Crippen molar-refractivity contribution >= 4 is 0 Å². The lowest BCUT2D eigenvalue weighted by atomic mass is 10.2. The molecule has 0 saturated carbocycles. The molecule has 2 aromatic rings. The van der Waals surface area contributed by atoms with Crippen LogP contribution in [0.15, 0.2) is 21.4 Å². The Morgan fingerprint density at radius 2 is 2.40 bits per heavy atom. The van der Waals surface area contributed by atoms with Gasteiger partial charge in [-0.2, -0.15) is 4.98 Å². The first-order valence-corrected chi connectivity index (χ1v) is 4.91. The molecule has 0 bridgehead atoms. The Morgan fingerprint density at radius 1 is 1.40 bits per heavy atom. The van der Waals surface area contributed by atoms with E-state index < -0.39 is 0 Å². The summed E-state index contributed by atoms with van der Waals surface area (Å²) in [6, 6.07) is 1.91. The van der Waals surface area contributed by atoms with Crippen LogP contribution in [0.5, 0.6) is 0 Å². The number of hydrogen-bond acceptors (Lipinski definition) is 6. The fraction of sp³-hybridized carbons (Fsp3) is 0.444. The molecule has 1 N–H and O–H groups in total. The average molecular weight is 206 g/mol. The van der Waals surface area contributed by atoms with Gasteiger partial charge < -0.3 is 14.4 Å². The molecule has 0 aromatic carbocycles. The van der Waals surface area contributed by atoms with Crippen molar-refractivity contribution in [1.82, 2.24) is 20.6 Å². The van der Waals surface area contributed by atoms with Crippen molar-refractivity contribution < 1.29 is 9.05 Å². The quantitative estimate of drug-likeness (QED) is 0.794. The number of rotatable bonds is 2. The predicted octanol–water partition coefficient (Wildman–Crippen LogP) is 1.15. The van der Waals surface area contributed by atoms with Gasteiger partial charge in [0.25, 0.3) is 5.89 Å². The van der Waals surface area contributed by atoms with Crippen molar-refractivity contribution in [2.75, 3.05) is 6.54 Å². The highest BCUT2D eigenvalue weighted by atomic mass is 16.5. The van der Waals surface area contributed by atoms with Gasteiger partial charge in [0, 0.05) is 6.07 Å². The number of hydrogen-bond donors (Lipinski definition) is 1. The third-order valence-electron chi connectivity index (χ3n) is 2.47. The summed E-state index contributed by atoms with van der Waals surface area (Å²) in [5.41, 5.74) is 0.576. The highest BCUT2D eigenvalue weighted by Crippen LogP contribution is 2.22. The summed E-state index contributed by atoms with van der Waals surface area (Å²) in [6.07, 6.45) is 3.68. The molecule has 3 heterocycles. The summed E-state index contributed by atoms with van der Waals surface area (Å²) in [5.74, 6) is 1.11. The van der Waals surface area contributed by atoms with Crippen molar-refractivity contribution in [2.24, 2.45) is 0 Å². The zero-order valence-electron chi connectivity index (χ0n) is 8.01. The van der Waals surface area contributed by atoms with Crippen LogP contribution in [-0.4, -0.2) is 21.8 Å². The van der Waals surface area contributed by atoms with Gasteiger partial charge in [-0.15, -0.1) is 0 Å². The van der Waals surface area contributed by atoms with Gasteiger partial charge >= 0.3 is 0 Å². The minimum atomic E-state index is 0.217. The molecule has 0 spiro atoms. The van der Waals surface area contributed by atoms with E-state index in [0.29, 0.717) is 17.4 Å². The SMILES string of the molecule is c1cc(-c2nc(C3CCCN3)no2)no1. The van der Waals surface area contributed by atoms with Crippen LogP contribution in [0.4, 0.5) is 0 Å². The van der Waals surface area contributed by atoms with Gasteiger partial charge in [0.2, 0.25) is 0 Å².